The molecular weight excluding hydrogens is 168 g/mol. The van der Waals surface area contributed by atoms with Crippen LogP contribution >= 0.6 is 0 Å². The first-order chi connectivity index (χ1) is 5.49. The summed E-state index contributed by atoms with van der Waals surface area (Å²) < 4.78 is 0. The second kappa shape index (κ2) is 4.22. The van der Waals surface area contributed by atoms with Gasteiger partial charge in [0.15, 0.2) is 11.7 Å². The first-order valence-electron chi connectivity index (χ1n) is 2.91. The molecule has 66 valence electrons. The molecule has 0 aromatic heterocycles. The zero-order chi connectivity index (χ0) is 9.72. The summed E-state index contributed by atoms with van der Waals surface area (Å²) in [6.45, 7) is 0. The standard InChI is InChI=1S/C6H6O6/c7-2-3(6(11)12)4(8)1-5(9)10/h2-3H,1H2,(H,9,10)(H,11,12). The number of carbonyl (C=O) groups is 4. The fourth-order valence-electron chi connectivity index (χ4n) is 0.531. The third-order valence-electron chi connectivity index (χ3n) is 1.07. The Balaban J connectivity index is 4.32. The molecule has 0 rings (SSSR count). The summed E-state index contributed by atoms with van der Waals surface area (Å²) in [5.41, 5.74) is 0. The van der Waals surface area contributed by atoms with Crippen LogP contribution in [0.3, 0.4) is 0 Å². The molecule has 0 aromatic carbocycles. The van der Waals surface area contributed by atoms with Gasteiger partial charge in [0.1, 0.15) is 12.7 Å². The SMILES string of the molecule is O=CC(C(=O)O)C(=O)CC(=O)O. The molecule has 0 fully saturated rings. The highest BCUT2D eigenvalue weighted by Crippen LogP contribution is 1.98. The Kier molecular flexibility index (Phi) is 3.61. The Labute approximate surface area is 66.8 Å². The van der Waals surface area contributed by atoms with Crippen LogP contribution in [-0.2, 0) is 19.2 Å². The highest BCUT2D eigenvalue weighted by molar-refractivity contribution is 6.14. The van der Waals surface area contributed by atoms with Crippen LogP contribution in [0, 0.1) is 5.92 Å². The van der Waals surface area contributed by atoms with Gasteiger partial charge in [-0.3, -0.25) is 14.4 Å². The summed E-state index contributed by atoms with van der Waals surface area (Å²) in [7, 11) is 0. The number of ketones is 1. The van der Waals surface area contributed by atoms with Crippen molar-refractivity contribution in [3.8, 4) is 0 Å². The second-order valence-electron chi connectivity index (χ2n) is 1.99. The number of carboxylic acids is 2. The highest BCUT2D eigenvalue weighted by Gasteiger charge is 2.26. The molecule has 6 heteroatoms. The van der Waals surface area contributed by atoms with E-state index in [0.717, 1.165) is 0 Å². The van der Waals surface area contributed by atoms with Crippen LogP contribution in [0.25, 0.3) is 0 Å². The summed E-state index contributed by atoms with van der Waals surface area (Å²) in [5, 5.41) is 16.3. The lowest BCUT2D eigenvalue weighted by molar-refractivity contribution is -0.149. The maximum absolute atomic E-state index is 10.6. The van der Waals surface area contributed by atoms with Gasteiger partial charge in [0.05, 0.1) is 0 Å². The second-order valence-corrected chi connectivity index (χ2v) is 1.99. The predicted molar refractivity (Wildman–Crippen MR) is 34.4 cm³/mol. The summed E-state index contributed by atoms with van der Waals surface area (Å²) in [6, 6.07) is 0. The Morgan fingerprint density at radius 2 is 1.75 bits per heavy atom. The van der Waals surface area contributed by atoms with Gasteiger partial charge in [0.25, 0.3) is 0 Å². The first-order valence-corrected chi connectivity index (χ1v) is 2.91. The van der Waals surface area contributed by atoms with Crippen LogP contribution in [0.15, 0.2) is 0 Å². The van der Waals surface area contributed by atoms with E-state index in [1.54, 1.807) is 0 Å². The number of rotatable bonds is 5. The van der Waals surface area contributed by atoms with Gasteiger partial charge in [-0.1, -0.05) is 0 Å². The van der Waals surface area contributed by atoms with Gasteiger partial charge in [-0.25, -0.2) is 0 Å². The number of aldehydes is 1. The lowest BCUT2D eigenvalue weighted by Crippen LogP contribution is -2.26. The van der Waals surface area contributed by atoms with E-state index < -0.39 is 30.1 Å². The topological polar surface area (TPSA) is 109 Å². The fourth-order valence-corrected chi connectivity index (χ4v) is 0.531. The number of hydrogen-bond acceptors (Lipinski definition) is 4. The number of aliphatic carboxylic acids is 2. The Morgan fingerprint density at radius 3 is 2.00 bits per heavy atom. The minimum Gasteiger partial charge on any atom is -0.481 e. The largest absolute Gasteiger partial charge is 0.481 e. The van der Waals surface area contributed by atoms with Crippen molar-refractivity contribution in [2.24, 2.45) is 5.92 Å². The van der Waals surface area contributed by atoms with E-state index in [9.17, 15) is 19.2 Å². The first kappa shape index (κ1) is 10.3. The number of carbonyl (C=O) groups excluding carboxylic acids is 2. The molecule has 6 nitrogen and oxygen atoms in total. The molecule has 0 amide bonds. The predicted octanol–water partition coefficient (Wildman–Crippen LogP) is -1.07. The van der Waals surface area contributed by atoms with Crippen molar-refractivity contribution < 1.29 is 29.4 Å². The van der Waals surface area contributed by atoms with Gasteiger partial charge in [-0.15, -0.1) is 0 Å². The zero-order valence-electron chi connectivity index (χ0n) is 5.89. The monoisotopic (exact) mass is 174 g/mol. The van der Waals surface area contributed by atoms with Crippen molar-refractivity contribution >= 4 is 24.0 Å². The van der Waals surface area contributed by atoms with E-state index >= 15 is 0 Å². The number of hydrogen-bond donors (Lipinski definition) is 2. The molecule has 0 aliphatic rings. The van der Waals surface area contributed by atoms with Crippen molar-refractivity contribution in [1.29, 1.82) is 0 Å². The van der Waals surface area contributed by atoms with Crippen molar-refractivity contribution in [3.05, 3.63) is 0 Å². The van der Waals surface area contributed by atoms with Crippen molar-refractivity contribution in [3.63, 3.8) is 0 Å². The lowest BCUT2D eigenvalue weighted by Gasteiger charge is -1.99. The van der Waals surface area contributed by atoms with Crippen LogP contribution in [-0.4, -0.2) is 34.2 Å². The maximum atomic E-state index is 10.6. The van der Waals surface area contributed by atoms with E-state index in [1.165, 1.54) is 0 Å². The molecule has 0 heterocycles. The summed E-state index contributed by atoms with van der Waals surface area (Å²) in [6.07, 6.45) is -1.04. The fraction of sp³-hybridized carbons (Fsp3) is 0.333. The van der Waals surface area contributed by atoms with Crippen molar-refractivity contribution in [2.45, 2.75) is 6.42 Å². The zero-order valence-corrected chi connectivity index (χ0v) is 5.89. The van der Waals surface area contributed by atoms with Crippen LogP contribution in [0.5, 0.6) is 0 Å². The van der Waals surface area contributed by atoms with Gasteiger partial charge in [0.2, 0.25) is 0 Å². The Bertz CT molecular complexity index is 230. The molecule has 0 spiro atoms. The Hall–Kier alpha value is -1.72. The van der Waals surface area contributed by atoms with Crippen LogP contribution < -0.4 is 0 Å². The molecule has 0 saturated carbocycles. The quantitative estimate of drug-likeness (QED) is 0.405. The normalized spacial score (nSPS) is 11.7. The third kappa shape index (κ3) is 2.91. The van der Waals surface area contributed by atoms with Gasteiger partial charge < -0.3 is 15.0 Å². The van der Waals surface area contributed by atoms with Gasteiger partial charge in [-0.05, 0) is 0 Å². The van der Waals surface area contributed by atoms with E-state index in [2.05, 4.69) is 0 Å². The van der Waals surface area contributed by atoms with Crippen LogP contribution in [0.4, 0.5) is 0 Å². The molecule has 0 radical (unpaired) electrons. The average molecular weight is 174 g/mol. The molecule has 0 aliphatic carbocycles. The summed E-state index contributed by atoms with van der Waals surface area (Å²) in [4.78, 5) is 40.6. The molecule has 1 unspecified atom stereocenters. The molecule has 1 atom stereocenters. The van der Waals surface area contributed by atoms with Crippen molar-refractivity contribution in [1.82, 2.24) is 0 Å². The van der Waals surface area contributed by atoms with E-state index in [-0.39, 0.29) is 6.29 Å². The maximum Gasteiger partial charge on any atom is 0.321 e. The van der Waals surface area contributed by atoms with Gasteiger partial charge in [-0.2, -0.15) is 0 Å². The van der Waals surface area contributed by atoms with Crippen molar-refractivity contribution in [2.75, 3.05) is 0 Å². The molecule has 0 aromatic rings. The molecular formula is C6H6O6. The van der Waals surface area contributed by atoms with E-state index in [0.29, 0.717) is 0 Å². The Morgan fingerprint density at radius 1 is 1.25 bits per heavy atom. The van der Waals surface area contributed by atoms with E-state index in [4.69, 9.17) is 10.2 Å². The molecule has 0 saturated heterocycles. The van der Waals surface area contributed by atoms with E-state index in [1.807, 2.05) is 0 Å². The third-order valence-corrected chi connectivity index (χ3v) is 1.07. The van der Waals surface area contributed by atoms with Crippen LogP contribution in [0.2, 0.25) is 0 Å². The lowest BCUT2D eigenvalue weighted by atomic mass is 10.0. The minimum atomic E-state index is -1.86. The summed E-state index contributed by atoms with van der Waals surface area (Å²) >= 11 is 0. The number of Topliss-reactive ketones (excluding diaryl/α,β-unsaturated/α-hetero) is 1. The molecule has 0 bridgehead atoms. The molecule has 0 aliphatic heterocycles. The highest BCUT2D eigenvalue weighted by atomic mass is 16.4. The minimum absolute atomic E-state index is 0.0897. The summed E-state index contributed by atoms with van der Waals surface area (Å²) in [5.74, 6) is -6.06. The van der Waals surface area contributed by atoms with Crippen LogP contribution in [0.1, 0.15) is 6.42 Å². The molecule has 2 N–H and O–H groups in total. The average Bonchev–Trinajstić information content (AvgIpc) is 1.85. The number of carboxylic acid groups (broad SMARTS) is 2. The van der Waals surface area contributed by atoms with Gasteiger partial charge >= 0.3 is 11.9 Å². The smallest absolute Gasteiger partial charge is 0.321 e. The molecule has 12 heavy (non-hydrogen) atoms. The van der Waals surface area contributed by atoms with Gasteiger partial charge in [0, 0.05) is 0 Å².